The Morgan fingerprint density at radius 3 is 2.64 bits per heavy atom. The summed E-state index contributed by atoms with van der Waals surface area (Å²) in [5, 5.41) is -0.0233. The van der Waals surface area contributed by atoms with Crippen LogP contribution in [0.2, 0.25) is 0 Å². The lowest BCUT2D eigenvalue weighted by Crippen LogP contribution is -2.29. The van der Waals surface area contributed by atoms with E-state index in [1.54, 1.807) is 24.8 Å². The van der Waals surface area contributed by atoms with Gasteiger partial charge >= 0.3 is 0 Å². The van der Waals surface area contributed by atoms with Crippen LogP contribution in [0.15, 0.2) is 41.8 Å². The second-order valence-corrected chi connectivity index (χ2v) is 6.41. The Bertz CT molecular complexity index is 727. The molecule has 7 nitrogen and oxygen atoms in total. The highest BCUT2D eigenvalue weighted by Gasteiger charge is 2.21. The molecule has 1 atom stereocenters. The van der Waals surface area contributed by atoms with E-state index in [4.69, 9.17) is 9.47 Å². The third-order valence-electron chi connectivity index (χ3n) is 3.19. The SMILES string of the molecule is COc1ccccc1[C@@H](CNS(=O)(=O)c1cn(C)cn1)OC. The number of methoxy groups -OCH3 is 2. The van der Waals surface area contributed by atoms with Crippen LogP contribution in [-0.4, -0.2) is 38.7 Å². The van der Waals surface area contributed by atoms with Gasteiger partial charge in [-0.1, -0.05) is 18.2 Å². The molecule has 0 aliphatic carbocycles. The Labute approximate surface area is 129 Å². The van der Waals surface area contributed by atoms with E-state index in [9.17, 15) is 8.42 Å². The molecule has 22 heavy (non-hydrogen) atoms. The van der Waals surface area contributed by atoms with Crippen LogP contribution in [0.1, 0.15) is 11.7 Å². The monoisotopic (exact) mass is 325 g/mol. The largest absolute Gasteiger partial charge is 0.496 e. The van der Waals surface area contributed by atoms with Crippen molar-refractivity contribution in [2.45, 2.75) is 11.1 Å². The van der Waals surface area contributed by atoms with Gasteiger partial charge in [0.15, 0.2) is 5.03 Å². The fraction of sp³-hybridized carbons (Fsp3) is 0.357. The van der Waals surface area contributed by atoms with Crippen molar-refractivity contribution < 1.29 is 17.9 Å². The van der Waals surface area contributed by atoms with Crippen LogP contribution in [0.3, 0.4) is 0 Å². The van der Waals surface area contributed by atoms with Gasteiger partial charge in [-0.15, -0.1) is 0 Å². The number of aromatic nitrogens is 2. The maximum atomic E-state index is 12.2. The van der Waals surface area contributed by atoms with Crippen molar-refractivity contribution in [2.24, 2.45) is 7.05 Å². The average Bonchev–Trinajstić information content (AvgIpc) is 2.96. The summed E-state index contributed by atoms with van der Waals surface area (Å²) in [7, 11) is 1.11. The van der Waals surface area contributed by atoms with Crippen LogP contribution in [0.5, 0.6) is 5.75 Å². The topological polar surface area (TPSA) is 82.5 Å². The number of benzene rings is 1. The number of hydrogen-bond donors (Lipinski definition) is 1. The van der Waals surface area contributed by atoms with Gasteiger partial charge in [-0.25, -0.2) is 18.1 Å². The first kappa shape index (κ1) is 16.5. The normalized spacial score (nSPS) is 13.0. The molecule has 8 heteroatoms. The van der Waals surface area contributed by atoms with Gasteiger partial charge in [0.2, 0.25) is 0 Å². The van der Waals surface area contributed by atoms with Crippen LogP contribution in [-0.2, 0) is 21.8 Å². The zero-order chi connectivity index (χ0) is 16.2. The predicted octanol–water partition coefficient (Wildman–Crippen LogP) is 1.09. The van der Waals surface area contributed by atoms with Crippen molar-refractivity contribution >= 4 is 10.0 Å². The molecule has 1 N–H and O–H groups in total. The molecular formula is C14H19N3O4S. The molecular weight excluding hydrogens is 306 g/mol. The van der Waals surface area contributed by atoms with Crippen molar-refractivity contribution in [2.75, 3.05) is 20.8 Å². The molecule has 0 spiro atoms. The summed E-state index contributed by atoms with van der Waals surface area (Å²) < 4.78 is 39.1. The van der Waals surface area contributed by atoms with Crippen LogP contribution >= 0.6 is 0 Å². The smallest absolute Gasteiger partial charge is 0.259 e. The number of hydrogen-bond acceptors (Lipinski definition) is 5. The summed E-state index contributed by atoms with van der Waals surface area (Å²) in [5.41, 5.74) is 0.774. The lowest BCUT2D eigenvalue weighted by molar-refractivity contribution is 0.105. The lowest BCUT2D eigenvalue weighted by Gasteiger charge is -2.18. The highest BCUT2D eigenvalue weighted by Crippen LogP contribution is 2.26. The van der Waals surface area contributed by atoms with E-state index in [1.807, 2.05) is 18.2 Å². The number of nitrogens with zero attached hydrogens (tertiary/aromatic N) is 2. The zero-order valence-corrected chi connectivity index (χ0v) is 13.5. The van der Waals surface area contributed by atoms with E-state index in [0.717, 1.165) is 5.56 Å². The number of imidazole rings is 1. The quantitative estimate of drug-likeness (QED) is 0.824. The third kappa shape index (κ3) is 3.65. The highest BCUT2D eigenvalue weighted by atomic mass is 32.2. The first-order chi connectivity index (χ1) is 10.5. The highest BCUT2D eigenvalue weighted by molar-refractivity contribution is 7.89. The fourth-order valence-corrected chi connectivity index (χ4v) is 3.05. The average molecular weight is 325 g/mol. The molecule has 120 valence electrons. The number of aryl methyl sites for hydroxylation is 1. The number of ether oxygens (including phenoxy) is 2. The summed E-state index contributed by atoms with van der Waals surface area (Å²) in [5.74, 6) is 0.645. The van der Waals surface area contributed by atoms with Gasteiger partial charge in [-0.3, -0.25) is 0 Å². The Morgan fingerprint density at radius 2 is 2.05 bits per heavy atom. The van der Waals surface area contributed by atoms with Crippen molar-refractivity contribution in [3.8, 4) is 5.75 Å². The van der Waals surface area contributed by atoms with Gasteiger partial charge in [-0.2, -0.15) is 0 Å². The number of nitrogens with one attached hydrogen (secondary N) is 1. The van der Waals surface area contributed by atoms with Crippen molar-refractivity contribution in [1.82, 2.24) is 14.3 Å². The molecule has 1 heterocycles. The van der Waals surface area contributed by atoms with Crippen molar-refractivity contribution in [1.29, 1.82) is 0 Å². The second-order valence-electron chi connectivity index (χ2n) is 4.70. The number of para-hydroxylation sites is 1. The first-order valence-corrected chi connectivity index (χ1v) is 8.09. The molecule has 0 aliphatic heterocycles. The van der Waals surface area contributed by atoms with Crippen molar-refractivity contribution in [3.63, 3.8) is 0 Å². The molecule has 0 saturated heterocycles. The van der Waals surface area contributed by atoms with E-state index in [-0.39, 0.29) is 11.6 Å². The summed E-state index contributed by atoms with van der Waals surface area (Å²) in [6.45, 7) is 0.0791. The summed E-state index contributed by atoms with van der Waals surface area (Å²) in [4.78, 5) is 3.84. The standard InChI is InChI=1S/C14H19N3O4S/c1-17-9-14(15-10-17)22(18,19)16-8-13(21-3)11-6-4-5-7-12(11)20-2/h4-7,9-10,13,16H,8H2,1-3H3/t13-/m1/s1. The molecule has 0 unspecified atom stereocenters. The summed E-state index contributed by atoms with van der Waals surface area (Å²) >= 11 is 0. The maximum Gasteiger partial charge on any atom is 0.259 e. The van der Waals surface area contributed by atoms with Crippen LogP contribution in [0.4, 0.5) is 0 Å². The minimum absolute atomic E-state index is 0.0233. The van der Waals surface area contributed by atoms with Gasteiger partial charge in [-0.05, 0) is 6.07 Å². The Kier molecular flexibility index (Phi) is 5.17. The fourth-order valence-electron chi connectivity index (χ4n) is 2.04. The molecule has 1 aromatic heterocycles. The Balaban J connectivity index is 2.14. The van der Waals surface area contributed by atoms with E-state index in [0.29, 0.717) is 5.75 Å². The minimum Gasteiger partial charge on any atom is -0.496 e. The molecule has 0 aliphatic rings. The van der Waals surface area contributed by atoms with Gasteiger partial charge in [0.1, 0.15) is 5.75 Å². The minimum atomic E-state index is -3.67. The van der Waals surface area contributed by atoms with Gasteiger partial charge in [0, 0.05) is 32.5 Å². The van der Waals surface area contributed by atoms with Gasteiger partial charge in [0.05, 0.1) is 19.5 Å². The predicted molar refractivity (Wildman–Crippen MR) is 81.1 cm³/mol. The molecule has 0 fully saturated rings. The second kappa shape index (κ2) is 6.91. The number of sulfonamides is 1. The molecule has 2 aromatic rings. The van der Waals surface area contributed by atoms with Crippen LogP contribution in [0.25, 0.3) is 0 Å². The van der Waals surface area contributed by atoms with Crippen LogP contribution < -0.4 is 9.46 Å². The lowest BCUT2D eigenvalue weighted by atomic mass is 10.1. The summed E-state index contributed by atoms with van der Waals surface area (Å²) in [6, 6.07) is 7.32. The Hall–Kier alpha value is -1.90. The zero-order valence-electron chi connectivity index (χ0n) is 12.7. The van der Waals surface area contributed by atoms with Gasteiger partial charge in [0.25, 0.3) is 10.0 Å². The maximum absolute atomic E-state index is 12.2. The van der Waals surface area contributed by atoms with E-state index in [2.05, 4.69) is 9.71 Å². The third-order valence-corrected chi connectivity index (χ3v) is 4.49. The molecule has 2 rings (SSSR count). The van der Waals surface area contributed by atoms with E-state index < -0.39 is 16.1 Å². The molecule has 0 bridgehead atoms. The number of rotatable bonds is 7. The molecule has 0 radical (unpaired) electrons. The van der Waals surface area contributed by atoms with Crippen LogP contribution in [0, 0.1) is 0 Å². The first-order valence-electron chi connectivity index (χ1n) is 6.61. The molecule has 0 saturated carbocycles. The summed E-state index contributed by atoms with van der Waals surface area (Å²) in [6.07, 6.45) is 2.41. The van der Waals surface area contributed by atoms with Gasteiger partial charge < -0.3 is 14.0 Å². The van der Waals surface area contributed by atoms with E-state index >= 15 is 0 Å². The molecule has 1 aromatic carbocycles. The Morgan fingerprint density at radius 1 is 1.32 bits per heavy atom. The van der Waals surface area contributed by atoms with E-state index in [1.165, 1.54) is 19.6 Å². The molecule has 0 amide bonds. The van der Waals surface area contributed by atoms with Crippen molar-refractivity contribution in [3.05, 3.63) is 42.4 Å².